The van der Waals surface area contributed by atoms with Crippen molar-refractivity contribution in [3.05, 3.63) is 36.7 Å². The fourth-order valence-corrected chi connectivity index (χ4v) is 4.33. The third kappa shape index (κ3) is 4.22. The molecular weight excluding hydrogens is 362 g/mol. The van der Waals surface area contributed by atoms with Crippen LogP contribution >= 0.6 is 0 Å². The second kappa shape index (κ2) is 8.41. The Balaban J connectivity index is 1.76. The minimum absolute atomic E-state index is 0.175. The highest BCUT2D eigenvalue weighted by atomic mass is 16.3. The van der Waals surface area contributed by atoms with Crippen LogP contribution in [0.15, 0.2) is 36.7 Å². The number of aliphatic hydroxyl groups is 1. The Bertz CT molecular complexity index is 957. The molecule has 0 radical (unpaired) electrons. The van der Waals surface area contributed by atoms with Crippen LogP contribution in [0.1, 0.15) is 58.4 Å². The molecule has 29 heavy (non-hydrogen) atoms. The molecule has 1 unspecified atom stereocenters. The molecule has 0 amide bonds. The van der Waals surface area contributed by atoms with Gasteiger partial charge in [0.15, 0.2) is 0 Å². The van der Waals surface area contributed by atoms with Crippen LogP contribution < -0.4 is 11.1 Å². The summed E-state index contributed by atoms with van der Waals surface area (Å²) in [5.74, 6) is 0.678. The summed E-state index contributed by atoms with van der Waals surface area (Å²) >= 11 is 0. The van der Waals surface area contributed by atoms with Gasteiger partial charge < -0.3 is 20.7 Å². The quantitative estimate of drug-likeness (QED) is 0.526. The highest BCUT2D eigenvalue weighted by molar-refractivity contribution is 5.94. The van der Waals surface area contributed by atoms with Crippen molar-refractivity contribution >= 4 is 22.7 Å². The third-order valence-corrected chi connectivity index (χ3v) is 5.95. The van der Waals surface area contributed by atoms with Crippen LogP contribution in [0.5, 0.6) is 0 Å². The highest BCUT2D eigenvalue weighted by Gasteiger charge is 2.24. The monoisotopic (exact) mass is 393 g/mol. The Morgan fingerprint density at radius 1 is 1.21 bits per heavy atom. The molecule has 0 bridgehead atoms. The zero-order valence-electron chi connectivity index (χ0n) is 17.3. The molecular formula is C23H31N5O. The van der Waals surface area contributed by atoms with Gasteiger partial charge in [-0.1, -0.05) is 25.5 Å². The third-order valence-electron chi connectivity index (χ3n) is 5.95. The van der Waals surface area contributed by atoms with Gasteiger partial charge in [0.1, 0.15) is 5.65 Å². The van der Waals surface area contributed by atoms with Crippen LogP contribution in [-0.2, 0) is 0 Å². The number of nitrogen functional groups attached to an aromatic ring is 1. The topological polar surface area (TPSA) is 89.0 Å². The number of nitrogens with two attached hydrogens (primary N) is 1. The first-order chi connectivity index (χ1) is 14.0. The van der Waals surface area contributed by atoms with E-state index in [2.05, 4.69) is 47.0 Å². The van der Waals surface area contributed by atoms with Crippen LogP contribution in [0.25, 0.3) is 22.2 Å². The predicted octanol–water partition coefficient (Wildman–Crippen LogP) is 4.76. The Morgan fingerprint density at radius 3 is 2.62 bits per heavy atom. The van der Waals surface area contributed by atoms with Crippen molar-refractivity contribution in [1.82, 2.24) is 14.5 Å². The normalized spacial score (nSPS) is 20.7. The van der Waals surface area contributed by atoms with Crippen LogP contribution in [0.2, 0.25) is 0 Å². The molecule has 0 saturated heterocycles. The van der Waals surface area contributed by atoms with E-state index in [1.807, 2.05) is 18.3 Å². The maximum atomic E-state index is 9.93. The minimum Gasteiger partial charge on any atom is -0.399 e. The van der Waals surface area contributed by atoms with Crippen molar-refractivity contribution in [2.75, 3.05) is 11.1 Å². The van der Waals surface area contributed by atoms with Gasteiger partial charge in [-0.25, -0.2) is 4.98 Å². The first-order valence-electron chi connectivity index (χ1n) is 10.7. The lowest BCUT2D eigenvalue weighted by Crippen LogP contribution is -2.21. The van der Waals surface area contributed by atoms with E-state index in [-0.39, 0.29) is 6.10 Å². The van der Waals surface area contributed by atoms with Gasteiger partial charge in [-0.05, 0) is 56.7 Å². The average Bonchev–Trinajstić information content (AvgIpc) is 3.08. The summed E-state index contributed by atoms with van der Waals surface area (Å²) in [6.07, 6.45) is 9.77. The number of anilines is 2. The highest BCUT2D eigenvalue weighted by Crippen LogP contribution is 2.36. The van der Waals surface area contributed by atoms with Crippen LogP contribution in [0.4, 0.5) is 11.6 Å². The van der Waals surface area contributed by atoms with E-state index in [0.717, 1.165) is 66.4 Å². The fraction of sp³-hybridized carbons (Fsp3) is 0.478. The Labute approximate surface area is 172 Å². The van der Waals surface area contributed by atoms with E-state index in [4.69, 9.17) is 10.7 Å². The average molecular weight is 394 g/mol. The number of aromatic nitrogens is 3. The van der Waals surface area contributed by atoms with E-state index in [0.29, 0.717) is 18.0 Å². The second-order valence-electron chi connectivity index (χ2n) is 8.30. The van der Waals surface area contributed by atoms with Crippen molar-refractivity contribution in [3.63, 3.8) is 0 Å². The predicted molar refractivity (Wildman–Crippen MR) is 119 cm³/mol. The number of rotatable bonds is 6. The lowest BCUT2D eigenvalue weighted by Gasteiger charge is -2.27. The van der Waals surface area contributed by atoms with Gasteiger partial charge in [0.05, 0.1) is 6.10 Å². The molecule has 1 fully saturated rings. The van der Waals surface area contributed by atoms with Gasteiger partial charge in [-0.2, -0.15) is 4.98 Å². The Morgan fingerprint density at radius 2 is 1.93 bits per heavy atom. The van der Waals surface area contributed by atoms with Gasteiger partial charge >= 0.3 is 0 Å². The molecule has 2 aromatic heterocycles. The van der Waals surface area contributed by atoms with Gasteiger partial charge in [-0.15, -0.1) is 0 Å². The van der Waals surface area contributed by atoms with Gasteiger partial charge in [0.2, 0.25) is 5.95 Å². The molecule has 1 atom stereocenters. The van der Waals surface area contributed by atoms with E-state index >= 15 is 0 Å². The molecule has 154 valence electrons. The maximum Gasteiger partial charge on any atom is 0.224 e. The summed E-state index contributed by atoms with van der Waals surface area (Å²) in [6.45, 7) is 4.35. The number of hydrogen-bond acceptors (Lipinski definition) is 5. The number of benzene rings is 1. The number of nitrogens with one attached hydrogen (secondary N) is 1. The van der Waals surface area contributed by atoms with Gasteiger partial charge in [0.25, 0.3) is 0 Å². The molecule has 4 N–H and O–H groups in total. The van der Waals surface area contributed by atoms with Crippen molar-refractivity contribution in [1.29, 1.82) is 0 Å². The maximum absolute atomic E-state index is 9.93. The number of hydrogen-bond donors (Lipinski definition) is 3. The summed E-state index contributed by atoms with van der Waals surface area (Å²) < 4.78 is 2.30. The van der Waals surface area contributed by atoms with E-state index in [1.165, 1.54) is 0 Å². The Hall–Kier alpha value is -2.60. The summed E-state index contributed by atoms with van der Waals surface area (Å²) in [5, 5.41) is 14.4. The second-order valence-corrected chi connectivity index (χ2v) is 8.30. The molecule has 0 spiro atoms. The number of aliphatic hydroxyl groups excluding tert-OH is 1. The lowest BCUT2D eigenvalue weighted by atomic mass is 9.93. The zero-order chi connectivity index (χ0) is 20.4. The summed E-state index contributed by atoms with van der Waals surface area (Å²) in [7, 11) is 0. The first kappa shape index (κ1) is 19.7. The summed E-state index contributed by atoms with van der Waals surface area (Å²) in [5.41, 5.74) is 9.83. The first-order valence-corrected chi connectivity index (χ1v) is 10.7. The molecule has 6 heteroatoms. The van der Waals surface area contributed by atoms with Crippen LogP contribution in [0, 0.1) is 0 Å². The van der Waals surface area contributed by atoms with Crippen molar-refractivity contribution in [3.8, 4) is 11.1 Å². The van der Waals surface area contributed by atoms with Crippen LogP contribution in [0.3, 0.4) is 0 Å². The smallest absolute Gasteiger partial charge is 0.224 e. The van der Waals surface area contributed by atoms with Gasteiger partial charge in [0, 0.05) is 41.1 Å². The van der Waals surface area contributed by atoms with Crippen LogP contribution in [-0.4, -0.2) is 31.8 Å². The Kier molecular flexibility index (Phi) is 5.72. The van der Waals surface area contributed by atoms with Crippen molar-refractivity contribution in [2.45, 2.75) is 70.6 Å². The molecule has 1 aliphatic carbocycles. The largest absolute Gasteiger partial charge is 0.399 e. The SMILES string of the molecule is CCCC(C)Nc1ncc2c(-c3ccc(N)cc3)cn(C3CCC(O)CC3)c2n1. The molecule has 0 aliphatic heterocycles. The van der Waals surface area contributed by atoms with Gasteiger partial charge in [-0.3, -0.25) is 0 Å². The summed E-state index contributed by atoms with van der Waals surface area (Å²) in [6, 6.07) is 8.64. The molecule has 2 heterocycles. The van der Waals surface area contributed by atoms with Crippen molar-refractivity contribution in [2.24, 2.45) is 0 Å². The standard InChI is InChI=1S/C23H31N5O/c1-3-4-15(2)26-23-25-13-20-21(16-5-7-17(24)8-6-16)14-28(22(20)27-23)18-9-11-19(29)12-10-18/h5-8,13-15,18-19,29H,3-4,9-12,24H2,1-2H3,(H,25,26,27). The zero-order valence-corrected chi connectivity index (χ0v) is 17.3. The number of nitrogens with zero attached hydrogens (tertiary/aromatic N) is 3. The molecule has 1 aliphatic rings. The number of fused-ring (bicyclic) bond motifs is 1. The molecule has 1 saturated carbocycles. The lowest BCUT2D eigenvalue weighted by molar-refractivity contribution is 0.111. The van der Waals surface area contributed by atoms with E-state index < -0.39 is 0 Å². The molecule has 4 rings (SSSR count). The fourth-order valence-electron chi connectivity index (χ4n) is 4.33. The summed E-state index contributed by atoms with van der Waals surface area (Å²) in [4.78, 5) is 9.51. The van der Waals surface area contributed by atoms with E-state index in [9.17, 15) is 5.11 Å². The molecule has 1 aromatic carbocycles. The molecule has 6 nitrogen and oxygen atoms in total. The minimum atomic E-state index is -0.175. The van der Waals surface area contributed by atoms with E-state index in [1.54, 1.807) is 0 Å². The molecule has 3 aromatic rings. The van der Waals surface area contributed by atoms with Crippen molar-refractivity contribution < 1.29 is 5.11 Å².